The molecule has 4 rings (SSSR count). The number of thioether (sulfide) groups is 1. The first-order chi connectivity index (χ1) is 15.3. The molecule has 164 valence electrons. The lowest BCUT2D eigenvalue weighted by molar-refractivity contribution is 0.233. The van der Waals surface area contributed by atoms with Crippen LogP contribution in [0.4, 0.5) is 0 Å². The first-order valence-electron chi connectivity index (χ1n) is 10.8. The molecule has 1 aliphatic heterocycles. The van der Waals surface area contributed by atoms with Gasteiger partial charge in [0.05, 0.1) is 19.0 Å². The summed E-state index contributed by atoms with van der Waals surface area (Å²) in [5.74, 6) is 4.52. The van der Waals surface area contributed by atoms with Crippen molar-refractivity contribution in [1.82, 2.24) is 15.0 Å². The Morgan fingerprint density at radius 2 is 1.81 bits per heavy atom. The van der Waals surface area contributed by atoms with Gasteiger partial charge in [0, 0.05) is 17.4 Å². The Morgan fingerprint density at radius 3 is 2.58 bits per heavy atom. The summed E-state index contributed by atoms with van der Waals surface area (Å²) in [5, 5.41) is 4.11. The fraction of sp³-hybridized carbons (Fsp3) is 0.417. The zero-order valence-electron chi connectivity index (χ0n) is 17.9. The van der Waals surface area contributed by atoms with Crippen molar-refractivity contribution in [2.24, 2.45) is 0 Å². The first-order valence-corrected chi connectivity index (χ1v) is 11.9. The second kappa shape index (κ2) is 11.2. The van der Waals surface area contributed by atoms with Crippen LogP contribution in [0.3, 0.4) is 0 Å². The van der Waals surface area contributed by atoms with Gasteiger partial charge in [-0.2, -0.15) is 4.98 Å². The van der Waals surface area contributed by atoms with E-state index < -0.39 is 0 Å². The fourth-order valence-electron chi connectivity index (χ4n) is 3.68. The van der Waals surface area contributed by atoms with Gasteiger partial charge in [0.2, 0.25) is 11.7 Å². The van der Waals surface area contributed by atoms with Crippen LogP contribution in [0.1, 0.15) is 25.2 Å². The van der Waals surface area contributed by atoms with Crippen LogP contribution in [-0.2, 0) is 5.75 Å². The summed E-state index contributed by atoms with van der Waals surface area (Å²) in [5.41, 5.74) is 0.926. The maximum Gasteiger partial charge on any atom is 0.236 e. The molecule has 2 aromatic carbocycles. The van der Waals surface area contributed by atoms with E-state index in [9.17, 15) is 0 Å². The molecule has 0 bridgehead atoms. The van der Waals surface area contributed by atoms with E-state index in [-0.39, 0.29) is 0 Å². The van der Waals surface area contributed by atoms with Crippen LogP contribution in [0, 0.1) is 0 Å². The summed E-state index contributed by atoms with van der Waals surface area (Å²) in [7, 11) is 2.20. The van der Waals surface area contributed by atoms with Crippen molar-refractivity contribution < 1.29 is 14.0 Å². The van der Waals surface area contributed by atoms with Crippen molar-refractivity contribution >= 4 is 11.8 Å². The van der Waals surface area contributed by atoms with E-state index in [4.69, 9.17) is 14.0 Å². The third kappa shape index (κ3) is 6.48. The van der Waals surface area contributed by atoms with E-state index in [0.29, 0.717) is 30.1 Å². The van der Waals surface area contributed by atoms with Crippen LogP contribution >= 0.6 is 11.8 Å². The molecular weight excluding hydrogens is 410 g/mol. The second-order valence-electron chi connectivity index (χ2n) is 7.66. The van der Waals surface area contributed by atoms with Crippen LogP contribution in [0.25, 0.3) is 11.4 Å². The lowest BCUT2D eigenvalue weighted by Gasteiger charge is -2.19. The van der Waals surface area contributed by atoms with Gasteiger partial charge >= 0.3 is 0 Å². The highest BCUT2D eigenvalue weighted by atomic mass is 32.2. The lowest BCUT2D eigenvalue weighted by Crippen LogP contribution is -2.26. The van der Waals surface area contributed by atoms with Crippen molar-refractivity contribution in [3.8, 4) is 22.9 Å². The van der Waals surface area contributed by atoms with E-state index in [1.54, 1.807) is 11.8 Å². The van der Waals surface area contributed by atoms with Crippen molar-refractivity contribution in [2.45, 2.75) is 31.1 Å². The van der Waals surface area contributed by atoms with Gasteiger partial charge in [-0.1, -0.05) is 23.4 Å². The topological polar surface area (TPSA) is 60.6 Å². The molecule has 31 heavy (non-hydrogen) atoms. The van der Waals surface area contributed by atoms with E-state index in [1.165, 1.54) is 19.4 Å². The average Bonchev–Trinajstić information content (AvgIpc) is 3.44. The van der Waals surface area contributed by atoms with Crippen LogP contribution in [0.15, 0.2) is 59.1 Å². The highest BCUT2D eigenvalue weighted by Crippen LogP contribution is 2.23. The Morgan fingerprint density at radius 1 is 1.03 bits per heavy atom. The van der Waals surface area contributed by atoms with Gasteiger partial charge in [0.1, 0.15) is 11.5 Å². The summed E-state index contributed by atoms with van der Waals surface area (Å²) in [4.78, 5) is 6.93. The molecule has 1 unspecified atom stereocenters. The van der Waals surface area contributed by atoms with Gasteiger partial charge in [-0.15, -0.1) is 11.8 Å². The van der Waals surface area contributed by atoms with Crippen LogP contribution in [-0.4, -0.2) is 53.6 Å². The third-order valence-corrected chi connectivity index (χ3v) is 6.34. The van der Waals surface area contributed by atoms with Crippen LogP contribution < -0.4 is 9.47 Å². The van der Waals surface area contributed by atoms with Crippen LogP contribution in [0.2, 0.25) is 0 Å². The van der Waals surface area contributed by atoms with E-state index in [1.807, 2.05) is 54.6 Å². The van der Waals surface area contributed by atoms with Gasteiger partial charge < -0.3 is 18.9 Å². The number of benzene rings is 2. The highest BCUT2D eigenvalue weighted by Gasteiger charge is 2.20. The number of nitrogens with zero attached hydrogens (tertiary/aromatic N) is 3. The SMILES string of the molecule is CN1CCCC1CCOc1ccc(-c2noc(CSCCOc3ccccc3)n2)cc1. The van der Waals surface area contributed by atoms with Crippen molar-refractivity contribution in [3.05, 3.63) is 60.5 Å². The number of aromatic nitrogens is 2. The number of para-hydroxylation sites is 1. The Kier molecular flexibility index (Phi) is 7.85. The summed E-state index contributed by atoms with van der Waals surface area (Å²) in [6.45, 7) is 2.59. The smallest absolute Gasteiger partial charge is 0.236 e. The second-order valence-corrected chi connectivity index (χ2v) is 8.77. The van der Waals surface area contributed by atoms with E-state index >= 15 is 0 Å². The van der Waals surface area contributed by atoms with E-state index in [0.717, 1.165) is 35.8 Å². The number of hydrogen-bond donors (Lipinski definition) is 0. The van der Waals surface area contributed by atoms with Gasteiger partial charge in [0.25, 0.3) is 0 Å². The third-order valence-electron chi connectivity index (χ3n) is 5.44. The Balaban J connectivity index is 1.17. The Labute approximate surface area is 187 Å². The standard InChI is InChI=1S/C24H29N3O3S/c1-27-14-5-6-20(27)13-15-28-22-11-9-19(10-12-22)24-25-23(30-26-24)18-31-17-16-29-21-7-3-2-4-8-21/h2-4,7-12,20H,5-6,13-18H2,1H3. The van der Waals surface area contributed by atoms with Crippen molar-refractivity contribution in [1.29, 1.82) is 0 Å². The predicted octanol–water partition coefficient (Wildman–Crippen LogP) is 4.91. The molecule has 7 heteroatoms. The summed E-state index contributed by atoms with van der Waals surface area (Å²) in [6, 6.07) is 18.4. The highest BCUT2D eigenvalue weighted by molar-refractivity contribution is 7.98. The molecule has 3 aromatic rings. The normalized spacial score (nSPS) is 16.5. The monoisotopic (exact) mass is 439 g/mol. The molecule has 0 aliphatic carbocycles. The minimum atomic E-state index is 0.607. The molecule has 1 aromatic heterocycles. The maximum atomic E-state index is 5.91. The number of likely N-dealkylation sites (tertiary alicyclic amines) is 1. The predicted molar refractivity (Wildman–Crippen MR) is 124 cm³/mol. The minimum Gasteiger partial charge on any atom is -0.494 e. The molecule has 1 atom stereocenters. The largest absolute Gasteiger partial charge is 0.494 e. The minimum absolute atomic E-state index is 0.607. The van der Waals surface area contributed by atoms with Gasteiger partial charge in [-0.25, -0.2) is 0 Å². The number of rotatable bonds is 11. The average molecular weight is 440 g/mol. The van der Waals surface area contributed by atoms with E-state index in [2.05, 4.69) is 22.1 Å². The molecule has 6 nitrogen and oxygen atoms in total. The van der Waals surface area contributed by atoms with Gasteiger partial charge in [-0.05, 0) is 69.3 Å². The molecule has 1 fully saturated rings. The van der Waals surface area contributed by atoms with Crippen molar-refractivity contribution in [3.63, 3.8) is 0 Å². The molecule has 0 saturated carbocycles. The molecule has 0 N–H and O–H groups in total. The molecular formula is C24H29N3O3S. The van der Waals surface area contributed by atoms with Gasteiger partial charge in [0.15, 0.2) is 0 Å². The lowest BCUT2D eigenvalue weighted by atomic mass is 10.1. The molecule has 1 aliphatic rings. The molecule has 2 heterocycles. The maximum absolute atomic E-state index is 5.91. The summed E-state index contributed by atoms with van der Waals surface area (Å²) >= 11 is 1.71. The summed E-state index contributed by atoms with van der Waals surface area (Å²) < 4.78 is 17.0. The molecule has 0 radical (unpaired) electrons. The van der Waals surface area contributed by atoms with Crippen molar-refractivity contribution in [2.75, 3.05) is 32.6 Å². The first kappa shape index (κ1) is 21.7. The van der Waals surface area contributed by atoms with Crippen LogP contribution in [0.5, 0.6) is 11.5 Å². The summed E-state index contributed by atoms with van der Waals surface area (Å²) in [6.07, 6.45) is 3.64. The quantitative estimate of drug-likeness (QED) is 0.393. The zero-order valence-corrected chi connectivity index (χ0v) is 18.7. The molecule has 0 spiro atoms. The molecule has 0 amide bonds. The fourth-order valence-corrected chi connectivity index (χ4v) is 4.32. The Bertz CT molecular complexity index is 917. The number of ether oxygens (including phenoxy) is 2. The Hall–Kier alpha value is -2.51. The van der Waals surface area contributed by atoms with Gasteiger partial charge in [-0.3, -0.25) is 0 Å². The molecule has 1 saturated heterocycles. The number of hydrogen-bond acceptors (Lipinski definition) is 7. The zero-order chi connectivity index (χ0) is 21.3.